The highest BCUT2D eigenvalue weighted by molar-refractivity contribution is 7.99. The molecule has 8 heteroatoms. The Kier molecular flexibility index (Phi) is 5.11. The number of ether oxygens (including phenoxy) is 1. The lowest BCUT2D eigenvalue weighted by Crippen LogP contribution is -2.20. The number of aromatic nitrogens is 3. The molecule has 0 bridgehead atoms. The second-order valence-electron chi connectivity index (χ2n) is 6.03. The highest BCUT2D eigenvalue weighted by Crippen LogP contribution is 2.29. The van der Waals surface area contributed by atoms with Crippen molar-refractivity contribution >= 4 is 44.1 Å². The molecule has 1 atom stereocenters. The van der Waals surface area contributed by atoms with Crippen molar-refractivity contribution in [3.8, 4) is 5.75 Å². The van der Waals surface area contributed by atoms with E-state index >= 15 is 0 Å². The van der Waals surface area contributed by atoms with Gasteiger partial charge in [0.05, 0.1) is 16.3 Å². The number of hydrogen-bond acceptors (Lipinski definition) is 7. The Morgan fingerprint density at radius 1 is 1.26 bits per heavy atom. The first-order valence-electron chi connectivity index (χ1n) is 8.39. The number of carbonyl (C=O) groups excluding carboxylic acids is 1. The van der Waals surface area contributed by atoms with Gasteiger partial charge in [-0.2, -0.15) is 0 Å². The van der Waals surface area contributed by atoms with Gasteiger partial charge in [-0.3, -0.25) is 9.20 Å². The van der Waals surface area contributed by atoms with Crippen molar-refractivity contribution in [3.05, 3.63) is 54.1 Å². The van der Waals surface area contributed by atoms with Gasteiger partial charge in [0.1, 0.15) is 12.4 Å². The normalized spacial score (nSPS) is 12.5. The lowest BCUT2D eigenvalue weighted by molar-refractivity contribution is 0.101. The van der Waals surface area contributed by atoms with Gasteiger partial charge in [-0.1, -0.05) is 47.4 Å². The van der Waals surface area contributed by atoms with E-state index < -0.39 is 6.10 Å². The molecule has 0 aliphatic rings. The smallest absolute Gasteiger partial charge is 0.217 e. The molecule has 2 aromatic carbocycles. The summed E-state index contributed by atoms with van der Waals surface area (Å²) in [5, 5.41) is 19.4. The zero-order valence-electron chi connectivity index (χ0n) is 14.5. The van der Waals surface area contributed by atoms with Gasteiger partial charge >= 0.3 is 0 Å². The summed E-state index contributed by atoms with van der Waals surface area (Å²) >= 11 is 3.03. The van der Waals surface area contributed by atoms with Crippen LogP contribution in [0, 0.1) is 0 Å². The van der Waals surface area contributed by atoms with Crippen LogP contribution in [0.15, 0.2) is 53.7 Å². The maximum Gasteiger partial charge on any atom is 0.217 e. The van der Waals surface area contributed by atoms with Gasteiger partial charge in [-0.25, -0.2) is 0 Å². The minimum absolute atomic E-state index is 0.0182. The van der Waals surface area contributed by atoms with Crippen molar-refractivity contribution in [1.82, 2.24) is 14.6 Å². The predicted molar refractivity (Wildman–Crippen MR) is 107 cm³/mol. The van der Waals surface area contributed by atoms with Gasteiger partial charge < -0.3 is 9.84 Å². The number of Topliss-reactive ketones (excluding diaryl/α,β-unsaturated/α-hetero) is 1. The van der Waals surface area contributed by atoms with Crippen LogP contribution in [0.4, 0.5) is 0 Å². The highest BCUT2D eigenvalue weighted by Gasteiger charge is 2.15. The van der Waals surface area contributed by atoms with E-state index in [-0.39, 0.29) is 12.4 Å². The maximum atomic E-state index is 11.4. The summed E-state index contributed by atoms with van der Waals surface area (Å²) in [4.78, 5) is 12.3. The van der Waals surface area contributed by atoms with Crippen LogP contribution in [0.2, 0.25) is 0 Å². The lowest BCUT2D eigenvalue weighted by atomic mass is 10.1. The molecule has 1 unspecified atom stereocenters. The molecule has 2 heterocycles. The lowest BCUT2D eigenvalue weighted by Gasteiger charge is -2.12. The van der Waals surface area contributed by atoms with E-state index in [9.17, 15) is 9.90 Å². The molecule has 0 radical (unpaired) electrons. The van der Waals surface area contributed by atoms with Crippen LogP contribution in [0.3, 0.4) is 0 Å². The summed E-state index contributed by atoms with van der Waals surface area (Å²) in [7, 11) is 0. The maximum absolute atomic E-state index is 11.4. The standard InChI is InChI=1S/C19H17N3O3S2/c1-12(23)13-5-4-6-15(9-13)25-10-14(24)11-26-18-20-21-19-22(18)16-7-2-3-8-17(16)27-19/h2-9,14,24H,10-11H2,1H3. The summed E-state index contributed by atoms with van der Waals surface area (Å²) in [6.45, 7) is 1.65. The number of para-hydroxylation sites is 1. The molecule has 0 aliphatic carbocycles. The van der Waals surface area contributed by atoms with E-state index in [1.807, 2.05) is 22.6 Å². The number of ketones is 1. The zero-order valence-corrected chi connectivity index (χ0v) is 16.2. The van der Waals surface area contributed by atoms with Crippen molar-refractivity contribution in [2.75, 3.05) is 12.4 Å². The number of carbonyl (C=O) groups is 1. The molecule has 27 heavy (non-hydrogen) atoms. The van der Waals surface area contributed by atoms with E-state index in [1.165, 1.54) is 18.7 Å². The Morgan fingerprint density at radius 3 is 2.96 bits per heavy atom. The van der Waals surface area contributed by atoms with Gasteiger partial charge in [-0.05, 0) is 31.2 Å². The van der Waals surface area contributed by atoms with Gasteiger partial charge in [0.25, 0.3) is 0 Å². The van der Waals surface area contributed by atoms with Crippen molar-refractivity contribution in [1.29, 1.82) is 0 Å². The summed E-state index contributed by atoms with van der Waals surface area (Å²) in [6, 6.07) is 15.0. The summed E-state index contributed by atoms with van der Waals surface area (Å²) < 4.78 is 8.77. The fraction of sp³-hybridized carbons (Fsp3) is 0.211. The summed E-state index contributed by atoms with van der Waals surface area (Å²) in [5.74, 6) is 0.980. The molecule has 4 aromatic rings. The van der Waals surface area contributed by atoms with E-state index in [1.54, 1.807) is 35.6 Å². The SMILES string of the molecule is CC(=O)c1cccc(OCC(O)CSc2nnc3sc4ccccc4n23)c1. The number of aliphatic hydroxyl groups excluding tert-OH is 1. The minimum atomic E-state index is -0.673. The third-order valence-corrected chi connectivity index (χ3v) is 6.08. The number of benzene rings is 2. The average molecular weight is 399 g/mol. The third-order valence-electron chi connectivity index (χ3n) is 4.00. The highest BCUT2D eigenvalue weighted by atomic mass is 32.2. The topological polar surface area (TPSA) is 76.7 Å². The summed E-state index contributed by atoms with van der Waals surface area (Å²) in [5.41, 5.74) is 1.66. The first-order chi connectivity index (χ1) is 13.1. The quantitative estimate of drug-likeness (QED) is 0.377. The minimum Gasteiger partial charge on any atom is -0.491 e. The molecule has 4 rings (SSSR count). The number of rotatable bonds is 7. The van der Waals surface area contributed by atoms with Crippen molar-refractivity contribution < 1.29 is 14.6 Å². The molecule has 2 aromatic heterocycles. The number of thiazole rings is 1. The molecule has 0 spiro atoms. The Hall–Kier alpha value is -2.42. The number of thioether (sulfide) groups is 1. The Bertz CT molecular complexity index is 1110. The largest absolute Gasteiger partial charge is 0.491 e. The third kappa shape index (κ3) is 3.83. The molecule has 0 amide bonds. The van der Waals surface area contributed by atoms with Crippen LogP contribution in [-0.2, 0) is 0 Å². The van der Waals surface area contributed by atoms with Crippen LogP contribution in [0.1, 0.15) is 17.3 Å². The molecule has 0 aliphatic heterocycles. The van der Waals surface area contributed by atoms with E-state index in [0.717, 1.165) is 20.3 Å². The fourth-order valence-corrected chi connectivity index (χ4v) is 4.54. The molecule has 138 valence electrons. The molecule has 0 fully saturated rings. The predicted octanol–water partition coefficient (Wildman–Crippen LogP) is 3.68. The van der Waals surface area contributed by atoms with Gasteiger partial charge in [0.15, 0.2) is 10.9 Å². The molecule has 1 N–H and O–H groups in total. The molecule has 6 nitrogen and oxygen atoms in total. The second-order valence-corrected chi connectivity index (χ2v) is 8.03. The Balaban J connectivity index is 1.39. The monoisotopic (exact) mass is 399 g/mol. The van der Waals surface area contributed by atoms with Crippen molar-refractivity contribution in [2.24, 2.45) is 0 Å². The van der Waals surface area contributed by atoms with Crippen LogP contribution in [-0.4, -0.2) is 44.0 Å². The van der Waals surface area contributed by atoms with Crippen LogP contribution < -0.4 is 4.74 Å². The number of fused-ring (bicyclic) bond motifs is 3. The Labute approximate surface area is 163 Å². The first kappa shape index (κ1) is 18.0. The van der Waals surface area contributed by atoms with Crippen LogP contribution >= 0.6 is 23.1 Å². The first-order valence-corrected chi connectivity index (χ1v) is 10.2. The van der Waals surface area contributed by atoms with Crippen LogP contribution in [0.25, 0.3) is 15.2 Å². The van der Waals surface area contributed by atoms with E-state index in [4.69, 9.17) is 4.74 Å². The molecular formula is C19H17N3O3S2. The van der Waals surface area contributed by atoms with Crippen LogP contribution in [0.5, 0.6) is 5.75 Å². The second kappa shape index (κ2) is 7.67. The van der Waals surface area contributed by atoms with Crippen molar-refractivity contribution in [2.45, 2.75) is 18.2 Å². The average Bonchev–Trinajstić information content (AvgIpc) is 3.24. The summed E-state index contributed by atoms with van der Waals surface area (Å²) in [6.07, 6.45) is -0.673. The van der Waals surface area contributed by atoms with Crippen molar-refractivity contribution in [3.63, 3.8) is 0 Å². The van der Waals surface area contributed by atoms with E-state index in [0.29, 0.717) is 17.1 Å². The van der Waals surface area contributed by atoms with E-state index in [2.05, 4.69) is 16.3 Å². The molecular weight excluding hydrogens is 382 g/mol. The van der Waals surface area contributed by atoms with Gasteiger partial charge in [0, 0.05) is 11.3 Å². The van der Waals surface area contributed by atoms with Gasteiger partial charge in [-0.15, -0.1) is 10.2 Å². The van der Waals surface area contributed by atoms with Gasteiger partial charge in [0.2, 0.25) is 4.96 Å². The number of hydrogen-bond donors (Lipinski definition) is 1. The fourth-order valence-electron chi connectivity index (χ4n) is 2.67. The zero-order chi connectivity index (χ0) is 18.8. The number of nitrogens with zero attached hydrogens (tertiary/aromatic N) is 3. The Morgan fingerprint density at radius 2 is 2.11 bits per heavy atom. The number of aliphatic hydroxyl groups is 1. The molecule has 0 saturated carbocycles. The molecule has 0 saturated heterocycles.